The van der Waals surface area contributed by atoms with Gasteiger partial charge in [0.25, 0.3) is 5.91 Å². The highest BCUT2D eigenvalue weighted by atomic mass is 16.1. The fraction of sp³-hybridized carbons (Fsp3) is 0.261. The van der Waals surface area contributed by atoms with Gasteiger partial charge in [0, 0.05) is 31.0 Å². The molecule has 0 spiro atoms. The zero-order valence-electron chi connectivity index (χ0n) is 16.6. The van der Waals surface area contributed by atoms with Gasteiger partial charge < -0.3 is 15.5 Å². The highest BCUT2D eigenvalue weighted by molar-refractivity contribution is 6.02. The van der Waals surface area contributed by atoms with Crippen molar-refractivity contribution in [3.8, 4) is 0 Å². The maximum absolute atomic E-state index is 12.4. The molecule has 1 aliphatic rings. The van der Waals surface area contributed by atoms with Gasteiger partial charge in [0.2, 0.25) is 0 Å². The Kier molecular flexibility index (Phi) is 5.70. The third kappa shape index (κ3) is 4.90. The van der Waals surface area contributed by atoms with Crippen molar-refractivity contribution in [3.05, 3.63) is 77.5 Å². The smallest absolute Gasteiger partial charge is 0.276 e. The topological polar surface area (TPSA) is 70.2 Å². The molecule has 3 aromatic rings. The molecule has 1 saturated heterocycles. The summed E-state index contributed by atoms with van der Waals surface area (Å²) in [5.74, 6) is 0.370. The van der Waals surface area contributed by atoms with Crippen molar-refractivity contribution in [1.29, 1.82) is 0 Å². The lowest BCUT2D eigenvalue weighted by molar-refractivity contribution is 0.102. The Morgan fingerprint density at radius 3 is 2.48 bits per heavy atom. The molecule has 148 valence electrons. The van der Waals surface area contributed by atoms with Crippen LogP contribution in [0.1, 0.15) is 34.5 Å². The molecule has 29 heavy (non-hydrogen) atoms. The number of carbonyl (C=O) groups is 1. The zero-order chi connectivity index (χ0) is 20.1. The Morgan fingerprint density at radius 2 is 1.79 bits per heavy atom. The molecule has 1 aromatic heterocycles. The van der Waals surface area contributed by atoms with Crippen LogP contribution in [0.3, 0.4) is 0 Å². The molecule has 0 bridgehead atoms. The van der Waals surface area contributed by atoms with Crippen molar-refractivity contribution in [3.63, 3.8) is 0 Å². The second-order valence-corrected chi connectivity index (χ2v) is 7.34. The molecular weight excluding hydrogens is 362 g/mol. The van der Waals surface area contributed by atoms with Gasteiger partial charge in [-0.1, -0.05) is 29.8 Å². The minimum atomic E-state index is -0.267. The standard InChI is InChI=1S/C23H25N5O/c1-17-5-4-6-18(15-17)16-24-22-12-11-21(26-27-22)23(29)25-19-7-9-20(10-8-19)28-13-2-3-14-28/h4-12,15H,2-3,13-14,16H2,1H3,(H,24,27)(H,25,29). The number of rotatable bonds is 6. The molecule has 0 aliphatic carbocycles. The van der Waals surface area contributed by atoms with Gasteiger partial charge in [0.15, 0.2) is 5.69 Å². The Hall–Kier alpha value is -3.41. The van der Waals surface area contributed by atoms with Gasteiger partial charge in [-0.2, -0.15) is 0 Å². The Bertz CT molecular complexity index is 963. The monoisotopic (exact) mass is 387 g/mol. The van der Waals surface area contributed by atoms with Crippen LogP contribution in [0.4, 0.5) is 17.2 Å². The Balaban J connectivity index is 1.33. The average Bonchev–Trinajstić information content (AvgIpc) is 3.28. The van der Waals surface area contributed by atoms with E-state index in [2.05, 4.69) is 50.9 Å². The zero-order valence-corrected chi connectivity index (χ0v) is 16.6. The van der Waals surface area contributed by atoms with Gasteiger partial charge in [-0.3, -0.25) is 4.79 Å². The second-order valence-electron chi connectivity index (χ2n) is 7.34. The summed E-state index contributed by atoms with van der Waals surface area (Å²) in [6, 6.07) is 19.7. The van der Waals surface area contributed by atoms with Gasteiger partial charge in [-0.15, -0.1) is 10.2 Å². The lowest BCUT2D eigenvalue weighted by Crippen LogP contribution is -2.18. The van der Waals surface area contributed by atoms with Crippen molar-refractivity contribution < 1.29 is 4.79 Å². The molecule has 1 aliphatic heterocycles. The molecule has 4 rings (SSSR count). The van der Waals surface area contributed by atoms with E-state index < -0.39 is 0 Å². The average molecular weight is 387 g/mol. The molecule has 2 heterocycles. The van der Waals surface area contributed by atoms with Gasteiger partial charge in [-0.25, -0.2) is 0 Å². The number of amides is 1. The number of carbonyl (C=O) groups excluding carboxylic acids is 1. The van der Waals surface area contributed by atoms with Crippen LogP contribution in [0, 0.1) is 6.92 Å². The second kappa shape index (κ2) is 8.73. The molecule has 0 saturated carbocycles. The van der Waals surface area contributed by atoms with Crippen LogP contribution in [0.15, 0.2) is 60.7 Å². The minimum absolute atomic E-state index is 0.267. The van der Waals surface area contributed by atoms with Crippen LogP contribution >= 0.6 is 0 Å². The van der Waals surface area contributed by atoms with E-state index in [1.807, 2.05) is 30.3 Å². The number of nitrogens with one attached hydrogen (secondary N) is 2. The maximum atomic E-state index is 12.4. The molecule has 0 atom stereocenters. The van der Waals surface area contributed by atoms with Crippen LogP contribution in [-0.4, -0.2) is 29.2 Å². The number of hydrogen-bond acceptors (Lipinski definition) is 5. The van der Waals surface area contributed by atoms with E-state index in [4.69, 9.17) is 0 Å². The van der Waals surface area contributed by atoms with E-state index in [-0.39, 0.29) is 11.6 Å². The first-order chi connectivity index (χ1) is 14.2. The van der Waals surface area contributed by atoms with Crippen LogP contribution in [0.2, 0.25) is 0 Å². The molecule has 1 amide bonds. The molecule has 6 nitrogen and oxygen atoms in total. The molecule has 2 aromatic carbocycles. The lowest BCUT2D eigenvalue weighted by atomic mass is 10.1. The number of nitrogens with zero attached hydrogens (tertiary/aromatic N) is 3. The molecule has 0 radical (unpaired) electrons. The van der Waals surface area contributed by atoms with E-state index in [0.717, 1.165) is 18.8 Å². The first-order valence-corrected chi connectivity index (χ1v) is 9.97. The third-order valence-corrected chi connectivity index (χ3v) is 5.05. The van der Waals surface area contributed by atoms with Crippen LogP contribution in [0.5, 0.6) is 0 Å². The largest absolute Gasteiger partial charge is 0.372 e. The Morgan fingerprint density at radius 1 is 1.00 bits per heavy atom. The highest BCUT2D eigenvalue weighted by Gasteiger charge is 2.13. The van der Waals surface area contributed by atoms with Crippen molar-refractivity contribution in [2.75, 3.05) is 28.6 Å². The van der Waals surface area contributed by atoms with Crippen LogP contribution < -0.4 is 15.5 Å². The summed E-state index contributed by atoms with van der Waals surface area (Å²) in [5, 5.41) is 14.3. The number of aromatic nitrogens is 2. The number of anilines is 3. The molecular formula is C23H25N5O. The molecule has 2 N–H and O–H groups in total. The summed E-state index contributed by atoms with van der Waals surface area (Å²) in [7, 11) is 0. The molecule has 1 fully saturated rings. The van der Waals surface area contributed by atoms with Crippen molar-refractivity contribution >= 4 is 23.1 Å². The molecule has 6 heteroatoms. The quantitative estimate of drug-likeness (QED) is 0.662. The first-order valence-electron chi connectivity index (χ1n) is 9.97. The summed E-state index contributed by atoms with van der Waals surface area (Å²) in [6.07, 6.45) is 2.49. The summed E-state index contributed by atoms with van der Waals surface area (Å²) < 4.78 is 0. The van der Waals surface area contributed by atoms with Crippen molar-refractivity contribution in [1.82, 2.24) is 10.2 Å². The van der Waals surface area contributed by atoms with Gasteiger partial charge in [0.05, 0.1) is 0 Å². The van der Waals surface area contributed by atoms with Gasteiger partial charge in [-0.05, 0) is 61.7 Å². The van der Waals surface area contributed by atoms with E-state index in [1.54, 1.807) is 12.1 Å². The summed E-state index contributed by atoms with van der Waals surface area (Å²) in [4.78, 5) is 14.8. The van der Waals surface area contributed by atoms with E-state index in [9.17, 15) is 4.79 Å². The number of benzene rings is 2. The fourth-order valence-corrected chi connectivity index (χ4v) is 3.49. The summed E-state index contributed by atoms with van der Waals surface area (Å²) >= 11 is 0. The normalized spacial score (nSPS) is 13.3. The maximum Gasteiger partial charge on any atom is 0.276 e. The van der Waals surface area contributed by atoms with Gasteiger partial charge >= 0.3 is 0 Å². The van der Waals surface area contributed by atoms with Crippen molar-refractivity contribution in [2.24, 2.45) is 0 Å². The SMILES string of the molecule is Cc1cccc(CNc2ccc(C(=O)Nc3ccc(N4CCCC4)cc3)nn2)c1. The summed E-state index contributed by atoms with van der Waals surface area (Å²) in [5.41, 5.74) is 4.63. The Labute approximate surface area is 171 Å². The van der Waals surface area contributed by atoms with Crippen LogP contribution in [0.25, 0.3) is 0 Å². The lowest BCUT2D eigenvalue weighted by Gasteiger charge is -2.17. The van der Waals surface area contributed by atoms with E-state index >= 15 is 0 Å². The number of hydrogen-bond donors (Lipinski definition) is 2. The predicted molar refractivity (Wildman–Crippen MR) is 116 cm³/mol. The van der Waals surface area contributed by atoms with Crippen molar-refractivity contribution in [2.45, 2.75) is 26.3 Å². The van der Waals surface area contributed by atoms with Gasteiger partial charge in [0.1, 0.15) is 5.82 Å². The van der Waals surface area contributed by atoms with Crippen LogP contribution in [-0.2, 0) is 6.54 Å². The number of aryl methyl sites for hydroxylation is 1. The van der Waals surface area contributed by atoms with E-state index in [1.165, 1.54) is 29.7 Å². The fourth-order valence-electron chi connectivity index (χ4n) is 3.49. The third-order valence-electron chi connectivity index (χ3n) is 5.05. The first kappa shape index (κ1) is 18.9. The predicted octanol–water partition coefficient (Wildman–Crippen LogP) is 4.25. The highest BCUT2D eigenvalue weighted by Crippen LogP contribution is 2.22. The minimum Gasteiger partial charge on any atom is -0.372 e. The summed E-state index contributed by atoms with van der Waals surface area (Å²) in [6.45, 7) is 4.93. The van der Waals surface area contributed by atoms with E-state index in [0.29, 0.717) is 12.4 Å². The molecule has 0 unspecified atom stereocenters.